The van der Waals surface area contributed by atoms with Crippen molar-refractivity contribution in [3.8, 4) is 0 Å². The van der Waals surface area contributed by atoms with Crippen LogP contribution in [0.15, 0.2) is 5.16 Å². The first kappa shape index (κ1) is 14.4. The molecule has 0 heterocycles. The van der Waals surface area contributed by atoms with Crippen molar-refractivity contribution in [3.05, 3.63) is 0 Å². The number of nitrogens with zero attached hydrogens (tertiary/aromatic N) is 1. The second-order valence-electron chi connectivity index (χ2n) is 2.90. The van der Waals surface area contributed by atoms with Crippen LogP contribution in [0, 0.1) is 0 Å². The minimum absolute atomic E-state index is 0.324. The number of oxime groups is 1. The quantitative estimate of drug-likeness (QED) is 0.272. The van der Waals surface area contributed by atoms with E-state index in [1.54, 1.807) is 0 Å². The summed E-state index contributed by atoms with van der Waals surface area (Å²) < 4.78 is 0. The maximum atomic E-state index is 10.6. The second-order valence-corrected chi connectivity index (χ2v) is 2.90. The van der Waals surface area contributed by atoms with Crippen LogP contribution in [0.25, 0.3) is 0 Å². The third kappa shape index (κ3) is 8.95. The van der Waals surface area contributed by atoms with Gasteiger partial charge in [0.2, 0.25) is 5.91 Å². The Balaban J connectivity index is 3.24. The molecule has 0 aromatic rings. The summed E-state index contributed by atoms with van der Waals surface area (Å²) in [7, 11) is 1.50. The van der Waals surface area contributed by atoms with Crippen molar-refractivity contribution in [1.29, 1.82) is 0 Å². The van der Waals surface area contributed by atoms with Gasteiger partial charge < -0.3 is 20.6 Å². The molecule has 0 spiro atoms. The summed E-state index contributed by atoms with van der Waals surface area (Å²) in [5.41, 5.74) is 0. The van der Waals surface area contributed by atoms with Crippen LogP contribution in [0.2, 0.25) is 0 Å². The van der Waals surface area contributed by atoms with Gasteiger partial charge in [-0.15, -0.1) is 0 Å². The first-order valence-corrected chi connectivity index (χ1v) is 4.95. The Labute approximate surface area is 93.8 Å². The molecular formula is C9H17N3O4. The van der Waals surface area contributed by atoms with Crippen molar-refractivity contribution in [2.45, 2.75) is 12.8 Å². The Bertz CT molecular complexity index is 243. The van der Waals surface area contributed by atoms with E-state index in [0.29, 0.717) is 19.6 Å². The SMILES string of the molecule is CNC(=O)/C=N/OCCCCNC(=O)CO. The molecule has 92 valence electrons. The monoisotopic (exact) mass is 231 g/mol. The van der Waals surface area contributed by atoms with E-state index in [9.17, 15) is 9.59 Å². The zero-order valence-corrected chi connectivity index (χ0v) is 9.23. The average Bonchev–Trinajstić information content (AvgIpc) is 2.31. The molecule has 0 saturated carbocycles. The predicted octanol–water partition coefficient (Wildman–Crippen LogP) is -1.38. The summed E-state index contributed by atoms with van der Waals surface area (Å²) in [5, 5.41) is 16.7. The highest BCUT2D eigenvalue weighted by molar-refractivity contribution is 6.25. The molecule has 16 heavy (non-hydrogen) atoms. The predicted molar refractivity (Wildman–Crippen MR) is 57.8 cm³/mol. The van der Waals surface area contributed by atoms with E-state index in [1.165, 1.54) is 7.05 Å². The first-order valence-electron chi connectivity index (χ1n) is 4.95. The van der Waals surface area contributed by atoms with Gasteiger partial charge in [0.25, 0.3) is 5.91 Å². The summed E-state index contributed by atoms with van der Waals surface area (Å²) in [5.74, 6) is -0.714. The fourth-order valence-corrected chi connectivity index (χ4v) is 0.778. The van der Waals surface area contributed by atoms with E-state index in [-0.39, 0.29) is 5.91 Å². The van der Waals surface area contributed by atoms with Crippen molar-refractivity contribution in [2.24, 2.45) is 5.16 Å². The van der Waals surface area contributed by atoms with Crippen LogP contribution < -0.4 is 10.6 Å². The molecule has 3 N–H and O–H groups in total. The van der Waals surface area contributed by atoms with Crippen molar-refractivity contribution >= 4 is 18.0 Å². The number of rotatable bonds is 8. The van der Waals surface area contributed by atoms with Crippen LogP contribution in [0.5, 0.6) is 0 Å². The fraction of sp³-hybridized carbons (Fsp3) is 0.667. The van der Waals surface area contributed by atoms with Crippen LogP contribution in [-0.2, 0) is 14.4 Å². The van der Waals surface area contributed by atoms with E-state index in [4.69, 9.17) is 9.94 Å². The smallest absolute Gasteiger partial charge is 0.265 e. The molecule has 0 aromatic carbocycles. The molecule has 7 nitrogen and oxygen atoms in total. The zero-order chi connectivity index (χ0) is 12.2. The third-order valence-corrected chi connectivity index (χ3v) is 1.62. The van der Waals surface area contributed by atoms with E-state index in [1.807, 2.05) is 0 Å². The number of hydrogen-bond acceptors (Lipinski definition) is 5. The summed E-state index contributed by atoms with van der Waals surface area (Å²) in [6, 6.07) is 0. The highest BCUT2D eigenvalue weighted by atomic mass is 16.6. The van der Waals surface area contributed by atoms with Gasteiger partial charge in [0.05, 0.1) is 0 Å². The lowest BCUT2D eigenvalue weighted by molar-refractivity contribution is -0.123. The molecule has 0 aromatic heterocycles. The molecular weight excluding hydrogens is 214 g/mol. The number of nitrogens with one attached hydrogen (secondary N) is 2. The molecule has 0 aliphatic carbocycles. The highest BCUT2D eigenvalue weighted by Crippen LogP contribution is 1.88. The molecule has 0 saturated heterocycles. The molecule has 0 aliphatic rings. The lowest BCUT2D eigenvalue weighted by Gasteiger charge is -2.02. The lowest BCUT2D eigenvalue weighted by atomic mass is 10.3. The molecule has 0 unspecified atom stereocenters. The van der Waals surface area contributed by atoms with Crippen LogP contribution in [-0.4, -0.2) is 49.9 Å². The molecule has 2 amide bonds. The van der Waals surface area contributed by atoms with Crippen LogP contribution in [0.1, 0.15) is 12.8 Å². The number of hydrogen-bond donors (Lipinski definition) is 3. The van der Waals surface area contributed by atoms with Crippen molar-refractivity contribution in [3.63, 3.8) is 0 Å². The summed E-state index contributed by atoms with van der Waals surface area (Å²) in [6.45, 7) is 0.372. The minimum atomic E-state index is -0.493. The molecule has 7 heteroatoms. The Kier molecular flexibility index (Phi) is 8.90. The fourth-order valence-electron chi connectivity index (χ4n) is 0.778. The van der Waals surface area contributed by atoms with E-state index in [2.05, 4.69) is 15.8 Å². The van der Waals surface area contributed by atoms with Gasteiger partial charge in [0.15, 0.2) is 0 Å². The average molecular weight is 231 g/mol. The van der Waals surface area contributed by atoms with E-state index >= 15 is 0 Å². The Hall–Kier alpha value is -1.63. The van der Waals surface area contributed by atoms with Gasteiger partial charge >= 0.3 is 0 Å². The molecule has 0 atom stereocenters. The van der Waals surface area contributed by atoms with Crippen LogP contribution >= 0.6 is 0 Å². The number of aliphatic hydroxyl groups excluding tert-OH is 1. The molecule has 0 rings (SSSR count). The van der Waals surface area contributed by atoms with E-state index < -0.39 is 12.5 Å². The molecule has 0 bridgehead atoms. The Morgan fingerprint density at radius 3 is 2.81 bits per heavy atom. The van der Waals surface area contributed by atoms with Crippen LogP contribution in [0.3, 0.4) is 0 Å². The second kappa shape index (κ2) is 9.91. The molecule has 0 radical (unpaired) electrons. The number of unbranched alkanes of at least 4 members (excludes halogenated alkanes) is 1. The van der Waals surface area contributed by atoms with Gasteiger partial charge in [-0.05, 0) is 12.8 Å². The van der Waals surface area contributed by atoms with Crippen LogP contribution in [0.4, 0.5) is 0 Å². The highest BCUT2D eigenvalue weighted by Gasteiger charge is 1.96. The lowest BCUT2D eigenvalue weighted by Crippen LogP contribution is -2.27. The van der Waals surface area contributed by atoms with Gasteiger partial charge in [-0.1, -0.05) is 5.16 Å². The van der Waals surface area contributed by atoms with Gasteiger partial charge in [0, 0.05) is 13.6 Å². The maximum absolute atomic E-state index is 10.6. The van der Waals surface area contributed by atoms with Crippen molar-refractivity contribution in [2.75, 3.05) is 26.8 Å². The Morgan fingerprint density at radius 2 is 2.19 bits per heavy atom. The summed E-state index contributed by atoms with van der Waals surface area (Å²) in [4.78, 5) is 26.0. The summed E-state index contributed by atoms with van der Waals surface area (Å²) >= 11 is 0. The number of carbonyl (C=O) groups is 2. The summed E-state index contributed by atoms with van der Waals surface area (Å²) in [6.07, 6.45) is 2.48. The standard InChI is InChI=1S/C9H17N3O4/c1-10-8(14)6-12-16-5-3-2-4-11-9(15)7-13/h6,13H,2-5,7H2,1H3,(H,10,14)(H,11,15)/b12-6+. The zero-order valence-electron chi connectivity index (χ0n) is 9.23. The van der Waals surface area contributed by atoms with Crippen molar-refractivity contribution in [1.82, 2.24) is 10.6 Å². The molecule has 0 aliphatic heterocycles. The Morgan fingerprint density at radius 1 is 1.44 bits per heavy atom. The minimum Gasteiger partial charge on any atom is -0.396 e. The van der Waals surface area contributed by atoms with E-state index in [0.717, 1.165) is 12.6 Å². The van der Waals surface area contributed by atoms with Gasteiger partial charge in [-0.2, -0.15) is 0 Å². The van der Waals surface area contributed by atoms with Gasteiger partial charge in [-0.3, -0.25) is 9.59 Å². The van der Waals surface area contributed by atoms with Crippen molar-refractivity contribution < 1.29 is 19.5 Å². The topological polar surface area (TPSA) is 100 Å². The van der Waals surface area contributed by atoms with Gasteiger partial charge in [-0.25, -0.2) is 0 Å². The molecule has 0 fully saturated rings. The largest absolute Gasteiger partial charge is 0.396 e. The van der Waals surface area contributed by atoms with Gasteiger partial charge in [0.1, 0.15) is 19.4 Å². The normalized spacial score (nSPS) is 10.1. The number of carbonyl (C=O) groups excluding carboxylic acids is 2. The number of aliphatic hydroxyl groups is 1. The number of amides is 2. The maximum Gasteiger partial charge on any atom is 0.265 e. The first-order chi connectivity index (χ1) is 7.70. The third-order valence-electron chi connectivity index (χ3n) is 1.62.